The maximum atomic E-state index is 11.8. The van der Waals surface area contributed by atoms with Crippen LogP contribution < -0.4 is 5.32 Å². The minimum absolute atomic E-state index is 0.0188. The number of carbonyl (C=O) groups is 1. The van der Waals surface area contributed by atoms with Crippen LogP contribution in [0, 0.1) is 17.2 Å². The van der Waals surface area contributed by atoms with Gasteiger partial charge >= 0.3 is 0 Å². The van der Waals surface area contributed by atoms with Gasteiger partial charge in [0.05, 0.1) is 6.07 Å². The Morgan fingerprint density at radius 2 is 1.80 bits per heavy atom. The number of nitriles is 1. The third-order valence-corrected chi connectivity index (χ3v) is 2.36. The molecule has 0 saturated carbocycles. The lowest BCUT2D eigenvalue weighted by atomic mass is 9.96. The van der Waals surface area contributed by atoms with Crippen molar-refractivity contribution in [3.05, 3.63) is 0 Å². The third kappa shape index (κ3) is 5.41. The molecular formula is C12H22N2O. The predicted octanol–water partition coefficient (Wildman–Crippen LogP) is 2.62. The Hall–Kier alpha value is -1.04. The summed E-state index contributed by atoms with van der Waals surface area (Å²) in [6.45, 7) is 7.59. The van der Waals surface area contributed by atoms with Gasteiger partial charge in [-0.1, -0.05) is 26.7 Å². The third-order valence-electron chi connectivity index (χ3n) is 2.36. The summed E-state index contributed by atoms with van der Waals surface area (Å²) in [6, 6.07) is 2.08. The molecule has 0 heterocycles. The zero-order valence-electron chi connectivity index (χ0n) is 10.3. The molecule has 0 radical (unpaired) electrons. The summed E-state index contributed by atoms with van der Waals surface area (Å²) in [5.74, 6) is 0.0814. The van der Waals surface area contributed by atoms with E-state index in [2.05, 4.69) is 25.2 Å². The second-order valence-electron chi connectivity index (χ2n) is 4.50. The smallest absolute Gasteiger partial charge is 0.224 e. The first-order chi connectivity index (χ1) is 6.96. The van der Waals surface area contributed by atoms with Gasteiger partial charge in [-0.05, 0) is 26.7 Å². The molecule has 0 aliphatic heterocycles. The van der Waals surface area contributed by atoms with Crippen LogP contribution in [0.5, 0.6) is 0 Å². The summed E-state index contributed by atoms with van der Waals surface area (Å²) in [5, 5.41) is 11.6. The Kier molecular flexibility index (Phi) is 6.00. The van der Waals surface area contributed by atoms with Crippen molar-refractivity contribution in [2.45, 2.75) is 58.9 Å². The zero-order valence-corrected chi connectivity index (χ0v) is 10.3. The van der Waals surface area contributed by atoms with Crippen molar-refractivity contribution >= 4 is 5.91 Å². The van der Waals surface area contributed by atoms with Gasteiger partial charge < -0.3 is 5.32 Å². The van der Waals surface area contributed by atoms with E-state index in [0.717, 1.165) is 25.7 Å². The number of hydrogen-bond donors (Lipinski definition) is 1. The average molecular weight is 210 g/mol. The lowest BCUT2D eigenvalue weighted by Crippen LogP contribution is -2.45. The maximum absolute atomic E-state index is 11.8. The van der Waals surface area contributed by atoms with Gasteiger partial charge in [-0.2, -0.15) is 5.26 Å². The molecule has 0 aliphatic rings. The van der Waals surface area contributed by atoms with Crippen molar-refractivity contribution in [2.75, 3.05) is 0 Å². The standard InChI is InChI=1S/C12H22N2O/c1-5-7-10(8-6-2)11(15)14-12(3,4)9-13/h10H,5-8H2,1-4H3,(H,14,15). The van der Waals surface area contributed by atoms with Gasteiger partial charge in [-0.25, -0.2) is 0 Å². The Bertz CT molecular complexity index is 234. The molecule has 0 spiro atoms. The summed E-state index contributed by atoms with van der Waals surface area (Å²) in [5.41, 5.74) is -0.753. The van der Waals surface area contributed by atoms with E-state index < -0.39 is 5.54 Å². The number of amides is 1. The molecule has 0 aromatic heterocycles. The lowest BCUT2D eigenvalue weighted by Gasteiger charge is -2.22. The summed E-state index contributed by atoms with van der Waals surface area (Å²) < 4.78 is 0. The fourth-order valence-electron chi connectivity index (χ4n) is 1.54. The van der Waals surface area contributed by atoms with Gasteiger partial charge in [0, 0.05) is 5.92 Å². The fraction of sp³-hybridized carbons (Fsp3) is 0.833. The summed E-state index contributed by atoms with van der Waals surface area (Å²) >= 11 is 0. The summed E-state index contributed by atoms with van der Waals surface area (Å²) in [7, 11) is 0. The highest BCUT2D eigenvalue weighted by atomic mass is 16.2. The molecule has 3 nitrogen and oxygen atoms in total. The first kappa shape index (κ1) is 14.0. The van der Waals surface area contributed by atoms with Crippen LogP contribution in [0.3, 0.4) is 0 Å². The molecule has 0 saturated heterocycles. The molecule has 0 unspecified atom stereocenters. The van der Waals surface area contributed by atoms with E-state index in [0.29, 0.717) is 0 Å². The van der Waals surface area contributed by atoms with Crippen molar-refractivity contribution in [1.82, 2.24) is 5.32 Å². The van der Waals surface area contributed by atoms with E-state index in [4.69, 9.17) is 5.26 Å². The Labute approximate surface area is 92.9 Å². The van der Waals surface area contributed by atoms with Crippen LogP contribution in [0.25, 0.3) is 0 Å². The summed E-state index contributed by atoms with van der Waals surface area (Å²) in [4.78, 5) is 11.8. The minimum Gasteiger partial charge on any atom is -0.338 e. The maximum Gasteiger partial charge on any atom is 0.224 e. The number of hydrogen-bond acceptors (Lipinski definition) is 2. The fourth-order valence-corrected chi connectivity index (χ4v) is 1.54. The molecule has 1 N–H and O–H groups in total. The van der Waals surface area contributed by atoms with Crippen LogP contribution in [-0.2, 0) is 4.79 Å². The van der Waals surface area contributed by atoms with E-state index in [1.54, 1.807) is 13.8 Å². The highest BCUT2D eigenvalue weighted by Gasteiger charge is 2.24. The highest BCUT2D eigenvalue weighted by molar-refractivity contribution is 5.79. The SMILES string of the molecule is CCCC(CCC)C(=O)NC(C)(C)C#N. The molecule has 0 aromatic carbocycles. The predicted molar refractivity (Wildman–Crippen MR) is 61.1 cm³/mol. The molecule has 0 aliphatic carbocycles. The Morgan fingerprint density at radius 1 is 1.33 bits per heavy atom. The van der Waals surface area contributed by atoms with Crippen LogP contribution in [0.1, 0.15) is 53.4 Å². The van der Waals surface area contributed by atoms with E-state index in [9.17, 15) is 4.79 Å². The molecule has 1 amide bonds. The number of nitrogens with zero attached hydrogens (tertiary/aromatic N) is 1. The largest absolute Gasteiger partial charge is 0.338 e. The molecule has 15 heavy (non-hydrogen) atoms. The van der Waals surface area contributed by atoms with Gasteiger partial charge in [0.2, 0.25) is 5.91 Å². The zero-order chi connectivity index (χ0) is 11.9. The molecule has 0 bridgehead atoms. The first-order valence-corrected chi connectivity index (χ1v) is 5.70. The van der Waals surface area contributed by atoms with Crippen LogP contribution in [-0.4, -0.2) is 11.4 Å². The molecule has 0 fully saturated rings. The van der Waals surface area contributed by atoms with Gasteiger partial charge in [0.15, 0.2) is 0 Å². The van der Waals surface area contributed by atoms with Crippen LogP contribution >= 0.6 is 0 Å². The molecule has 0 rings (SSSR count). The van der Waals surface area contributed by atoms with E-state index in [-0.39, 0.29) is 11.8 Å². The second-order valence-corrected chi connectivity index (χ2v) is 4.50. The van der Waals surface area contributed by atoms with Crippen LogP contribution in [0.15, 0.2) is 0 Å². The lowest BCUT2D eigenvalue weighted by molar-refractivity contribution is -0.126. The van der Waals surface area contributed by atoms with Crippen molar-refractivity contribution < 1.29 is 4.79 Å². The van der Waals surface area contributed by atoms with Crippen molar-refractivity contribution in [2.24, 2.45) is 5.92 Å². The monoisotopic (exact) mass is 210 g/mol. The van der Waals surface area contributed by atoms with Crippen molar-refractivity contribution in [1.29, 1.82) is 5.26 Å². The summed E-state index contributed by atoms with van der Waals surface area (Å²) in [6.07, 6.45) is 3.82. The van der Waals surface area contributed by atoms with Crippen LogP contribution in [0.4, 0.5) is 0 Å². The molecule has 86 valence electrons. The number of carbonyl (C=O) groups excluding carboxylic acids is 1. The van der Waals surface area contributed by atoms with E-state index in [1.807, 2.05) is 0 Å². The number of rotatable bonds is 6. The normalized spacial score (nSPS) is 11.2. The first-order valence-electron chi connectivity index (χ1n) is 5.70. The average Bonchev–Trinajstić information content (AvgIpc) is 2.17. The molecule has 0 aromatic rings. The van der Waals surface area contributed by atoms with Gasteiger partial charge in [0.25, 0.3) is 0 Å². The van der Waals surface area contributed by atoms with E-state index >= 15 is 0 Å². The highest BCUT2D eigenvalue weighted by Crippen LogP contribution is 2.15. The molecule has 0 atom stereocenters. The molecular weight excluding hydrogens is 188 g/mol. The number of nitrogens with one attached hydrogen (secondary N) is 1. The van der Waals surface area contributed by atoms with Crippen LogP contribution in [0.2, 0.25) is 0 Å². The molecule has 3 heteroatoms. The Morgan fingerprint density at radius 3 is 2.13 bits per heavy atom. The van der Waals surface area contributed by atoms with Gasteiger partial charge in [0.1, 0.15) is 5.54 Å². The van der Waals surface area contributed by atoms with Gasteiger partial charge in [-0.3, -0.25) is 4.79 Å². The van der Waals surface area contributed by atoms with Crippen molar-refractivity contribution in [3.63, 3.8) is 0 Å². The topological polar surface area (TPSA) is 52.9 Å². The quantitative estimate of drug-likeness (QED) is 0.732. The Balaban J connectivity index is 4.32. The minimum atomic E-state index is -0.753. The van der Waals surface area contributed by atoms with E-state index in [1.165, 1.54) is 0 Å². The van der Waals surface area contributed by atoms with Gasteiger partial charge in [-0.15, -0.1) is 0 Å². The van der Waals surface area contributed by atoms with Crippen molar-refractivity contribution in [3.8, 4) is 6.07 Å². The second kappa shape index (κ2) is 6.44.